The van der Waals surface area contributed by atoms with Gasteiger partial charge in [0.25, 0.3) is 5.69 Å². The molecular formula is C16H15ClN6O2S. The molecule has 10 heteroatoms. The largest absolute Gasteiger partial charge is 0.283 e. The Morgan fingerprint density at radius 3 is 2.65 bits per heavy atom. The molecule has 0 saturated carbocycles. The van der Waals surface area contributed by atoms with Crippen LogP contribution in [-0.2, 0) is 13.2 Å². The van der Waals surface area contributed by atoms with Crippen LogP contribution >= 0.6 is 23.8 Å². The summed E-state index contributed by atoms with van der Waals surface area (Å²) in [6.07, 6.45) is 0. The van der Waals surface area contributed by atoms with E-state index in [9.17, 15) is 10.1 Å². The molecule has 8 nitrogen and oxygen atoms in total. The van der Waals surface area contributed by atoms with E-state index in [-0.39, 0.29) is 5.69 Å². The summed E-state index contributed by atoms with van der Waals surface area (Å²) in [5, 5.41) is 19.6. The third-order valence-electron chi connectivity index (χ3n) is 3.70. The van der Waals surface area contributed by atoms with E-state index in [0.717, 1.165) is 5.69 Å². The second-order valence-corrected chi connectivity index (χ2v) is 6.47. The van der Waals surface area contributed by atoms with Crippen molar-refractivity contribution in [1.29, 1.82) is 0 Å². The number of hydrogen-bond acceptors (Lipinski definition) is 6. The maximum Gasteiger partial charge on any atom is 0.269 e. The van der Waals surface area contributed by atoms with Crippen molar-refractivity contribution >= 4 is 29.5 Å². The van der Waals surface area contributed by atoms with Gasteiger partial charge in [-0.3, -0.25) is 15.0 Å². The smallest absolute Gasteiger partial charge is 0.269 e. The number of para-hydroxylation sites is 1. The quantitative estimate of drug-likeness (QED) is 0.364. The Morgan fingerprint density at radius 2 is 1.96 bits per heavy atom. The van der Waals surface area contributed by atoms with Gasteiger partial charge in [0, 0.05) is 23.7 Å². The van der Waals surface area contributed by atoms with Crippen molar-refractivity contribution in [2.24, 2.45) is 0 Å². The number of aromatic nitrogens is 4. The number of nitro groups is 1. The first-order valence-electron chi connectivity index (χ1n) is 7.65. The van der Waals surface area contributed by atoms with Crippen LogP contribution in [0.5, 0.6) is 0 Å². The highest BCUT2D eigenvalue weighted by molar-refractivity contribution is 7.71. The van der Waals surface area contributed by atoms with Crippen molar-refractivity contribution in [2.45, 2.75) is 13.2 Å². The van der Waals surface area contributed by atoms with Crippen molar-refractivity contribution in [2.75, 3.05) is 7.05 Å². The predicted molar refractivity (Wildman–Crippen MR) is 99.8 cm³/mol. The number of hydrogen-bond donors (Lipinski definition) is 0. The minimum Gasteiger partial charge on any atom is -0.283 e. The lowest BCUT2D eigenvalue weighted by atomic mass is 10.2. The van der Waals surface area contributed by atoms with Crippen molar-refractivity contribution < 1.29 is 4.92 Å². The molecule has 0 amide bonds. The van der Waals surface area contributed by atoms with Crippen LogP contribution in [0, 0.1) is 14.9 Å². The van der Waals surface area contributed by atoms with Crippen LogP contribution in [0.3, 0.4) is 0 Å². The maximum atomic E-state index is 10.9. The topological polar surface area (TPSA) is 82.0 Å². The summed E-state index contributed by atoms with van der Waals surface area (Å²) in [6.45, 7) is 0.769. The number of rotatable bonds is 6. The van der Waals surface area contributed by atoms with Crippen LogP contribution in [0.4, 0.5) is 5.69 Å². The average molecular weight is 391 g/mol. The lowest BCUT2D eigenvalue weighted by molar-refractivity contribution is -0.384. The fraction of sp³-hybridized carbons (Fsp3) is 0.188. The molecule has 0 fully saturated rings. The molecule has 0 aliphatic heterocycles. The monoisotopic (exact) mass is 390 g/mol. The Hall–Kier alpha value is -2.62. The first-order chi connectivity index (χ1) is 12.5. The fourth-order valence-electron chi connectivity index (χ4n) is 2.46. The van der Waals surface area contributed by atoms with Crippen molar-refractivity contribution in [1.82, 2.24) is 24.7 Å². The fourth-order valence-corrected chi connectivity index (χ4v) is 2.87. The van der Waals surface area contributed by atoms with E-state index in [0.29, 0.717) is 28.6 Å². The van der Waals surface area contributed by atoms with E-state index in [2.05, 4.69) is 10.4 Å². The maximum absolute atomic E-state index is 10.9. The first-order valence-corrected chi connectivity index (χ1v) is 8.44. The molecular weight excluding hydrogens is 376 g/mol. The third kappa shape index (κ3) is 3.96. The molecule has 1 heterocycles. The molecule has 2 aromatic carbocycles. The van der Waals surface area contributed by atoms with Crippen molar-refractivity contribution in [3.63, 3.8) is 0 Å². The molecule has 3 aromatic rings. The summed E-state index contributed by atoms with van der Waals surface area (Å²) in [5.74, 6) is 0. The standard InChI is InChI=1S/C16H15ClN6O2S/c1-20(10-12-9-14(23(24)25)7-8-15(12)17)11-21-16(26)22(19-18-21)13-5-3-2-4-6-13/h2-9H,10-11H2,1H3. The molecule has 3 rings (SSSR count). The molecule has 1 aromatic heterocycles. The van der Waals surface area contributed by atoms with Gasteiger partial charge in [-0.05, 0) is 53.5 Å². The number of nitro benzene ring substituents is 1. The number of non-ortho nitro benzene ring substituents is 1. The summed E-state index contributed by atoms with van der Waals surface area (Å²) in [5.41, 5.74) is 1.49. The SMILES string of the molecule is CN(Cc1cc([N+](=O)[O-])ccc1Cl)Cn1nnn(-c2ccccc2)c1=S. The minimum absolute atomic E-state index is 0.00411. The lowest BCUT2D eigenvalue weighted by Crippen LogP contribution is -2.23. The summed E-state index contributed by atoms with van der Waals surface area (Å²) in [6, 6.07) is 13.9. The molecule has 0 saturated heterocycles. The number of nitrogens with zero attached hydrogens (tertiary/aromatic N) is 6. The van der Waals surface area contributed by atoms with Gasteiger partial charge in [-0.2, -0.15) is 4.68 Å². The van der Waals surface area contributed by atoms with Gasteiger partial charge >= 0.3 is 0 Å². The van der Waals surface area contributed by atoms with E-state index >= 15 is 0 Å². The molecule has 0 spiro atoms. The van der Waals surface area contributed by atoms with E-state index < -0.39 is 4.92 Å². The molecule has 0 aliphatic rings. The van der Waals surface area contributed by atoms with Gasteiger partial charge in [0.1, 0.15) is 0 Å². The highest BCUT2D eigenvalue weighted by atomic mass is 35.5. The van der Waals surface area contributed by atoms with Crippen LogP contribution in [0.15, 0.2) is 48.5 Å². The minimum atomic E-state index is -0.443. The van der Waals surface area contributed by atoms with Gasteiger partial charge in [0.05, 0.1) is 17.3 Å². The van der Waals surface area contributed by atoms with Gasteiger partial charge in [-0.15, -0.1) is 0 Å². The molecule has 0 unspecified atom stereocenters. The normalized spacial score (nSPS) is 11.0. The van der Waals surface area contributed by atoms with Crippen LogP contribution in [0.2, 0.25) is 5.02 Å². The Kier molecular flexibility index (Phi) is 5.40. The highest BCUT2D eigenvalue weighted by Crippen LogP contribution is 2.23. The predicted octanol–water partition coefficient (Wildman–Crippen LogP) is 3.45. The molecule has 0 aliphatic carbocycles. The zero-order valence-electron chi connectivity index (χ0n) is 13.8. The lowest BCUT2D eigenvalue weighted by Gasteiger charge is -2.16. The van der Waals surface area contributed by atoms with E-state index in [1.165, 1.54) is 18.2 Å². The van der Waals surface area contributed by atoms with Crippen LogP contribution in [0.25, 0.3) is 5.69 Å². The van der Waals surface area contributed by atoms with Crippen LogP contribution in [0.1, 0.15) is 5.56 Å². The van der Waals surface area contributed by atoms with Gasteiger partial charge in [-0.1, -0.05) is 29.8 Å². The highest BCUT2D eigenvalue weighted by Gasteiger charge is 2.13. The van der Waals surface area contributed by atoms with E-state index in [1.54, 1.807) is 9.36 Å². The van der Waals surface area contributed by atoms with Gasteiger partial charge in [0.2, 0.25) is 4.77 Å². The molecule has 0 radical (unpaired) electrons. The second kappa shape index (κ2) is 7.73. The van der Waals surface area contributed by atoms with Crippen LogP contribution < -0.4 is 0 Å². The van der Waals surface area contributed by atoms with Gasteiger partial charge in [0.15, 0.2) is 0 Å². The summed E-state index contributed by atoms with van der Waals surface area (Å²) < 4.78 is 3.60. The zero-order valence-corrected chi connectivity index (χ0v) is 15.4. The van der Waals surface area contributed by atoms with Crippen molar-refractivity contribution in [3.8, 4) is 5.69 Å². The van der Waals surface area contributed by atoms with Gasteiger partial charge in [-0.25, -0.2) is 4.68 Å². The molecule has 26 heavy (non-hydrogen) atoms. The summed E-state index contributed by atoms with van der Waals surface area (Å²) in [7, 11) is 1.85. The van der Waals surface area contributed by atoms with E-state index in [4.69, 9.17) is 23.8 Å². The van der Waals surface area contributed by atoms with Crippen LogP contribution in [-0.4, -0.2) is 36.7 Å². The summed E-state index contributed by atoms with van der Waals surface area (Å²) >= 11 is 11.6. The third-order valence-corrected chi connectivity index (χ3v) is 4.45. The Balaban J connectivity index is 1.76. The first kappa shape index (κ1) is 18.2. The van der Waals surface area contributed by atoms with E-state index in [1.807, 2.05) is 42.3 Å². The number of halogens is 1. The second-order valence-electron chi connectivity index (χ2n) is 5.70. The summed E-state index contributed by atoms with van der Waals surface area (Å²) in [4.78, 5) is 12.4. The average Bonchev–Trinajstić information content (AvgIpc) is 2.98. The molecule has 0 N–H and O–H groups in total. The molecule has 0 bridgehead atoms. The Morgan fingerprint density at radius 1 is 1.23 bits per heavy atom. The molecule has 134 valence electrons. The Labute approximate surface area is 159 Å². The zero-order chi connectivity index (χ0) is 18.7. The number of tetrazole rings is 1. The molecule has 0 atom stereocenters. The Bertz CT molecular complexity index is 988. The van der Waals surface area contributed by atoms with Gasteiger partial charge < -0.3 is 0 Å². The number of benzene rings is 2. The van der Waals surface area contributed by atoms with Crippen molar-refractivity contribution in [3.05, 3.63) is 74.0 Å².